The van der Waals surface area contributed by atoms with E-state index in [1.54, 1.807) is 6.07 Å². The van der Waals surface area contributed by atoms with Gasteiger partial charge in [-0.1, -0.05) is 48.0 Å². The van der Waals surface area contributed by atoms with E-state index in [-0.39, 0.29) is 11.9 Å². The Bertz CT molecular complexity index is 499. The molecule has 3 heteroatoms. The Morgan fingerprint density at radius 2 is 1.82 bits per heavy atom. The Kier molecular flexibility index (Phi) is 3.77. The number of hydrogen-bond donors (Lipinski definition) is 1. The van der Waals surface area contributed by atoms with Crippen LogP contribution < -0.4 is 5.32 Å². The van der Waals surface area contributed by atoms with Crippen molar-refractivity contribution in [3.8, 4) is 0 Å². The van der Waals surface area contributed by atoms with Crippen molar-refractivity contribution in [2.45, 2.75) is 6.04 Å². The van der Waals surface area contributed by atoms with Crippen LogP contribution in [0.15, 0.2) is 48.5 Å². The summed E-state index contributed by atoms with van der Waals surface area (Å²) < 4.78 is 13.0. The molecule has 17 heavy (non-hydrogen) atoms. The summed E-state index contributed by atoms with van der Waals surface area (Å²) in [7, 11) is 1.86. The minimum Gasteiger partial charge on any atom is -0.309 e. The minimum absolute atomic E-state index is 0.0238. The van der Waals surface area contributed by atoms with Crippen LogP contribution in [0, 0.1) is 5.82 Å². The average Bonchev–Trinajstić information content (AvgIpc) is 2.34. The van der Waals surface area contributed by atoms with Gasteiger partial charge in [0.1, 0.15) is 5.82 Å². The zero-order valence-electron chi connectivity index (χ0n) is 9.45. The molecule has 0 aliphatic heterocycles. The highest BCUT2D eigenvalue weighted by molar-refractivity contribution is 6.31. The normalized spacial score (nSPS) is 12.4. The lowest BCUT2D eigenvalue weighted by Gasteiger charge is -2.18. The van der Waals surface area contributed by atoms with Crippen molar-refractivity contribution in [3.63, 3.8) is 0 Å². The highest BCUT2D eigenvalue weighted by atomic mass is 35.5. The van der Waals surface area contributed by atoms with Crippen molar-refractivity contribution in [1.29, 1.82) is 0 Å². The first-order valence-corrected chi connectivity index (χ1v) is 5.77. The molecule has 0 saturated heterocycles. The van der Waals surface area contributed by atoms with Gasteiger partial charge in [0.2, 0.25) is 0 Å². The van der Waals surface area contributed by atoms with Gasteiger partial charge in [-0.2, -0.15) is 0 Å². The fourth-order valence-electron chi connectivity index (χ4n) is 1.88. The third-order valence-corrected chi connectivity index (χ3v) is 3.02. The van der Waals surface area contributed by atoms with Gasteiger partial charge in [0, 0.05) is 5.02 Å². The molecule has 0 saturated carbocycles. The van der Waals surface area contributed by atoms with Gasteiger partial charge >= 0.3 is 0 Å². The zero-order valence-corrected chi connectivity index (χ0v) is 10.2. The fourth-order valence-corrected chi connectivity index (χ4v) is 2.16. The van der Waals surface area contributed by atoms with Crippen molar-refractivity contribution in [2.75, 3.05) is 7.05 Å². The first-order valence-electron chi connectivity index (χ1n) is 5.39. The minimum atomic E-state index is -0.318. The first-order chi connectivity index (χ1) is 8.22. The highest BCUT2D eigenvalue weighted by Crippen LogP contribution is 2.28. The summed E-state index contributed by atoms with van der Waals surface area (Å²) in [5.41, 5.74) is 1.98. The van der Waals surface area contributed by atoms with Gasteiger partial charge < -0.3 is 5.32 Å². The topological polar surface area (TPSA) is 12.0 Å². The van der Waals surface area contributed by atoms with Gasteiger partial charge in [-0.05, 0) is 30.3 Å². The maximum absolute atomic E-state index is 13.0. The van der Waals surface area contributed by atoms with E-state index in [0.29, 0.717) is 5.02 Å². The first kappa shape index (κ1) is 12.1. The molecule has 2 aromatic carbocycles. The zero-order chi connectivity index (χ0) is 12.3. The van der Waals surface area contributed by atoms with Crippen LogP contribution in [-0.4, -0.2) is 7.05 Å². The highest BCUT2D eigenvalue weighted by Gasteiger charge is 2.14. The maximum Gasteiger partial charge on any atom is 0.124 e. The van der Waals surface area contributed by atoms with Gasteiger partial charge in [-0.15, -0.1) is 0 Å². The third kappa shape index (κ3) is 2.65. The van der Waals surface area contributed by atoms with Gasteiger partial charge in [-0.25, -0.2) is 4.39 Å². The van der Waals surface area contributed by atoms with Crippen LogP contribution in [0.4, 0.5) is 4.39 Å². The molecule has 0 amide bonds. The van der Waals surface area contributed by atoms with E-state index in [4.69, 9.17) is 11.6 Å². The molecule has 0 spiro atoms. The number of benzene rings is 2. The van der Waals surface area contributed by atoms with Crippen LogP contribution in [0.1, 0.15) is 17.2 Å². The molecule has 0 aliphatic rings. The Morgan fingerprint density at radius 3 is 2.41 bits per heavy atom. The second-order valence-electron chi connectivity index (χ2n) is 3.80. The quantitative estimate of drug-likeness (QED) is 0.873. The maximum atomic E-state index is 13.0. The van der Waals surface area contributed by atoms with Crippen LogP contribution in [0.3, 0.4) is 0 Å². The SMILES string of the molecule is CNC(c1ccccc1)c1ccc(F)cc1Cl. The van der Waals surface area contributed by atoms with E-state index >= 15 is 0 Å². The van der Waals surface area contributed by atoms with Gasteiger partial charge in [0.15, 0.2) is 0 Å². The monoisotopic (exact) mass is 249 g/mol. The molecule has 1 unspecified atom stereocenters. The summed E-state index contributed by atoms with van der Waals surface area (Å²) in [6.07, 6.45) is 0. The van der Waals surface area contributed by atoms with E-state index in [1.165, 1.54) is 12.1 Å². The van der Waals surface area contributed by atoms with Crippen molar-refractivity contribution in [3.05, 3.63) is 70.5 Å². The summed E-state index contributed by atoms with van der Waals surface area (Å²) in [5.74, 6) is -0.318. The molecule has 88 valence electrons. The molecule has 0 fully saturated rings. The van der Waals surface area contributed by atoms with E-state index in [9.17, 15) is 4.39 Å². The predicted octanol–water partition coefficient (Wildman–Crippen LogP) is 3.79. The van der Waals surface area contributed by atoms with Crippen molar-refractivity contribution in [2.24, 2.45) is 0 Å². The fraction of sp³-hybridized carbons (Fsp3) is 0.143. The number of halogens is 2. The van der Waals surface area contributed by atoms with Crippen LogP contribution in [0.2, 0.25) is 5.02 Å². The largest absolute Gasteiger partial charge is 0.309 e. The molecule has 0 radical (unpaired) electrons. The van der Waals surface area contributed by atoms with E-state index in [1.807, 2.05) is 37.4 Å². The predicted molar refractivity (Wildman–Crippen MR) is 68.8 cm³/mol. The molecule has 0 heterocycles. The summed E-state index contributed by atoms with van der Waals surface area (Å²) in [5, 5.41) is 3.63. The Labute approximate surface area is 105 Å². The Hall–Kier alpha value is -1.38. The Morgan fingerprint density at radius 1 is 1.12 bits per heavy atom. The summed E-state index contributed by atoms with van der Waals surface area (Å²) in [6.45, 7) is 0. The van der Waals surface area contributed by atoms with Gasteiger partial charge in [-0.3, -0.25) is 0 Å². The molecular weight excluding hydrogens is 237 g/mol. The molecule has 2 rings (SSSR count). The molecule has 1 N–H and O–H groups in total. The molecule has 1 atom stereocenters. The smallest absolute Gasteiger partial charge is 0.124 e. The summed E-state index contributed by atoms with van der Waals surface area (Å²) >= 11 is 6.07. The number of hydrogen-bond acceptors (Lipinski definition) is 1. The van der Waals surface area contributed by atoms with E-state index in [0.717, 1.165) is 11.1 Å². The van der Waals surface area contributed by atoms with Gasteiger partial charge in [0.25, 0.3) is 0 Å². The van der Waals surface area contributed by atoms with Crippen molar-refractivity contribution in [1.82, 2.24) is 5.32 Å². The standard InChI is InChI=1S/C14H13ClFN/c1-17-14(10-5-3-2-4-6-10)12-8-7-11(16)9-13(12)15/h2-9,14,17H,1H3. The lowest BCUT2D eigenvalue weighted by atomic mass is 9.99. The molecular formula is C14H13ClFN. The second-order valence-corrected chi connectivity index (χ2v) is 4.21. The average molecular weight is 250 g/mol. The van der Waals surface area contributed by atoms with Crippen LogP contribution in [-0.2, 0) is 0 Å². The number of nitrogens with one attached hydrogen (secondary N) is 1. The van der Waals surface area contributed by atoms with Crippen LogP contribution in [0.25, 0.3) is 0 Å². The lowest BCUT2D eigenvalue weighted by molar-refractivity contribution is 0.623. The van der Waals surface area contributed by atoms with Crippen LogP contribution in [0.5, 0.6) is 0 Å². The van der Waals surface area contributed by atoms with Gasteiger partial charge in [0.05, 0.1) is 6.04 Å². The van der Waals surface area contributed by atoms with Crippen molar-refractivity contribution < 1.29 is 4.39 Å². The molecule has 1 nitrogen and oxygen atoms in total. The van der Waals surface area contributed by atoms with Crippen LogP contribution >= 0.6 is 11.6 Å². The second kappa shape index (κ2) is 5.30. The summed E-state index contributed by atoms with van der Waals surface area (Å²) in [6, 6.07) is 14.4. The molecule has 0 aliphatic carbocycles. The molecule has 0 bridgehead atoms. The number of rotatable bonds is 3. The Balaban J connectivity index is 2.42. The lowest BCUT2D eigenvalue weighted by Crippen LogP contribution is -2.18. The van der Waals surface area contributed by atoms with E-state index in [2.05, 4.69) is 5.32 Å². The third-order valence-electron chi connectivity index (χ3n) is 2.70. The van der Waals surface area contributed by atoms with E-state index < -0.39 is 0 Å². The molecule has 0 aromatic heterocycles. The van der Waals surface area contributed by atoms with Crippen molar-refractivity contribution >= 4 is 11.6 Å². The summed E-state index contributed by atoms with van der Waals surface area (Å²) in [4.78, 5) is 0. The molecule has 2 aromatic rings.